The number of nitrogens with one attached hydrogen (secondary N) is 2. The van der Waals surface area contributed by atoms with Crippen molar-refractivity contribution >= 4 is 17.2 Å². The van der Waals surface area contributed by atoms with Crippen LogP contribution in [-0.2, 0) is 11.3 Å². The Hall–Kier alpha value is -0.910. The summed E-state index contributed by atoms with van der Waals surface area (Å²) in [5.74, 6) is 0.131. The average Bonchev–Trinajstić information content (AvgIpc) is 2.90. The third-order valence-electron chi connectivity index (χ3n) is 3.40. The van der Waals surface area contributed by atoms with Crippen molar-refractivity contribution in [3.63, 3.8) is 0 Å². The van der Waals surface area contributed by atoms with Gasteiger partial charge in [0.2, 0.25) is 5.91 Å². The summed E-state index contributed by atoms with van der Waals surface area (Å²) < 4.78 is 0. The number of hydrogen-bond donors (Lipinski definition) is 2. The minimum atomic E-state index is 0.131. The number of carbonyl (C=O) groups excluding carboxylic acids is 1. The molecule has 5 heteroatoms. The molecular weight excluding hydrogens is 246 g/mol. The predicted molar refractivity (Wildman–Crippen MR) is 74.7 cm³/mol. The van der Waals surface area contributed by atoms with Crippen molar-refractivity contribution in [2.24, 2.45) is 0 Å². The Morgan fingerprint density at radius 2 is 2.28 bits per heavy atom. The zero-order chi connectivity index (χ0) is 12.8. The standard InChI is InChI=1S/C13H21N3OS/c1-14-11-4-6-16(7-5-11)10-13(17)15-9-12-3-2-8-18-12/h2-3,8,11,14H,4-7,9-10H2,1H3,(H,15,17). The fourth-order valence-corrected chi connectivity index (χ4v) is 2.88. The predicted octanol–water partition coefficient (Wildman–Crippen LogP) is 1.05. The van der Waals surface area contributed by atoms with E-state index in [2.05, 4.69) is 15.5 Å². The van der Waals surface area contributed by atoms with E-state index >= 15 is 0 Å². The van der Waals surface area contributed by atoms with Crippen molar-refractivity contribution in [3.05, 3.63) is 22.4 Å². The Labute approximate surface area is 112 Å². The van der Waals surface area contributed by atoms with Crippen LogP contribution in [0.4, 0.5) is 0 Å². The minimum Gasteiger partial charge on any atom is -0.350 e. The van der Waals surface area contributed by atoms with Crippen molar-refractivity contribution in [2.45, 2.75) is 25.4 Å². The largest absolute Gasteiger partial charge is 0.350 e. The lowest BCUT2D eigenvalue weighted by Gasteiger charge is -2.31. The Bertz CT molecular complexity index is 358. The van der Waals surface area contributed by atoms with Gasteiger partial charge in [-0.1, -0.05) is 6.07 Å². The van der Waals surface area contributed by atoms with Crippen LogP contribution < -0.4 is 10.6 Å². The summed E-state index contributed by atoms with van der Waals surface area (Å²) in [7, 11) is 2.01. The van der Waals surface area contributed by atoms with Crippen LogP contribution in [0.5, 0.6) is 0 Å². The molecular formula is C13H21N3OS. The van der Waals surface area contributed by atoms with Crippen LogP contribution in [0, 0.1) is 0 Å². The van der Waals surface area contributed by atoms with E-state index in [1.165, 1.54) is 4.88 Å². The number of likely N-dealkylation sites (tertiary alicyclic amines) is 1. The van der Waals surface area contributed by atoms with Gasteiger partial charge in [0.15, 0.2) is 0 Å². The third-order valence-corrected chi connectivity index (χ3v) is 4.28. The summed E-state index contributed by atoms with van der Waals surface area (Å²) in [5, 5.41) is 8.30. The molecule has 0 unspecified atom stereocenters. The molecule has 0 aliphatic carbocycles. The normalized spacial score (nSPS) is 17.8. The van der Waals surface area contributed by atoms with Gasteiger partial charge in [-0.3, -0.25) is 9.69 Å². The molecule has 100 valence electrons. The SMILES string of the molecule is CNC1CCN(CC(=O)NCc2cccs2)CC1. The molecule has 1 saturated heterocycles. The van der Waals surface area contributed by atoms with Gasteiger partial charge < -0.3 is 10.6 Å². The van der Waals surface area contributed by atoms with Gasteiger partial charge in [0.1, 0.15) is 0 Å². The second-order valence-electron chi connectivity index (χ2n) is 4.70. The maximum absolute atomic E-state index is 11.8. The first-order chi connectivity index (χ1) is 8.78. The van der Waals surface area contributed by atoms with Crippen molar-refractivity contribution in [3.8, 4) is 0 Å². The molecule has 4 nitrogen and oxygen atoms in total. The highest BCUT2D eigenvalue weighted by molar-refractivity contribution is 7.09. The summed E-state index contributed by atoms with van der Waals surface area (Å²) in [6.07, 6.45) is 2.27. The van der Waals surface area contributed by atoms with E-state index in [9.17, 15) is 4.79 Å². The number of rotatable bonds is 5. The van der Waals surface area contributed by atoms with Crippen LogP contribution >= 0.6 is 11.3 Å². The van der Waals surface area contributed by atoms with E-state index in [1.807, 2.05) is 24.6 Å². The second kappa shape index (κ2) is 6.87. The van der Waals surface area contributed by atoms with Gasteiger partial charge in [0.25, 0.3) is 0 Å². The van der Waals surface area contributed by atoms with Crippen LogP contribution in [0.25, 0.3) is 0 Å². The summed E-state index contributed by atoms with van der Waals surface area (Å²) >= 11 is 1.68. The highest BCUT2D eigenvalue weighted by Gasteiger charge is 2.19. The number of amides is 1. The van der Waals surface area contributed by atoms with Crippen LogP contribution in [0.3, 0.4) is 0 Å². The molecule has 1 aliphatic rings. The Morgan fingerprint density at radius 1 is 1.50 bits per heavy atom. The van der Waals surface area contributed by atoms with Crippen molar-refractivity contribution in [1.29, 1.82) is 0 Å². The maximum atomic E-state index is 11.8. The highest BCUT2D eigenvalue weighted by Crippen LogP contribution is 2.10. The zero-order valence-corrected chi connectivity index (χ0v) is 11.6. The van der Waals surface area contributed by atoms with Crippen LogP contribution in [0.2, 0.25) is 0 Å². The van der Waals surface area contributed by atoms with Gasteiger partial charge in [-0.15, -0.1) is 11.3 Å². The van der Waals surface area contributed by atoms with Crippen LogP contribution in [0.1, 0.15) is 17.7 Å². The molecule has 1 aromatic rings. The monoisotopic (exact) mass is 267 g/mol. The molecule has 2 rings (SSSR count). The maximum Gasteiger partial charge on any atom is 0.234 e. The fourth-order valence-electron chi connectivity index (χ4n) is 2.24. The average molecular weight is 267 g/mol. The van der Waals surface area contributed by atoms with Gasteiger partial charge in [0, 0.05) is 24.0 Å². The smallest absolute Gasteiger partial charge is 0.234 e. The van der Waals surface area contributed by atoms with Crippen LogP contribution in [-0.4, -0.2) is 43.5 Å². The summed E-state index contributed by atoms with van der Waals surface area (Å²) in [6, 6.07) is 4.67. The van der Waals surface area contributed by atoms with Gasteiger partial charge >= 0.3 is 0 Å². The molecule has 2 N–H and O–H groups in total. The Balaban J connectivity index is 1.65. The number of nitrogens with zero attached hydrogens (tertiary/aromatic N) is 1. The number of piperidine rings is 1. The first kappa shape index (κ1) is 13.5. The fraction of sp³-hybridized carbons (Fsp3) is 0.615. The molecule has 1 aromatic heterocycles. The molecule has 1 aliphatic heterocycles. The molecule has 2 heterocycles. The van der Waals surface area contributed by atoms with E-state index in [4.69, 9.17) is 0 Å². The Morgan fingerprint density at radius 3 is 2.89 bits per heavy atom. The molecule has 0 saturated carbocycles. The molecule has 0 atom stereocenters. The van der Waals surface area contributed by atoms with E-state index < -0.39 is 0 Å². The molecule has 0 aromatic carbocycles. The van der Waals surface area contributed by atoms with Gasteiger partial charge in [-0.05, 0) is 31.3 Å². The van der Waals surface area contributed by atoms with E-state index in [0.717, 1.165) is 25.9 Å². The summed E-state index contributed by atoms with van der Waals surface area (Å²) in [5.41, 5.74) is 0. The highest BCUT2D eigenvalue weighted by atomic mass is 32.1. The molecule has 0 radical (unpaired) electrons. The first-order valence-corrected chi connectivity index (χ1v) is 7.34. The third kappa shape index (κ3) is 4.08. The van der Waals surface area contributed by atoms with E-state index in [-0.39, 0.29) is 5.91 Å². The lowest BCUT2D eigenvalue weighted by Crippen LogP contribution is -2.45. The molecule has 1 amide bonds. The first-order valence-electron chi connectivity index (χ1n) is 6.46. The van der Waals surface area contributed by atoms with E-state index in [0.29, 0.717) is 19.1 Å². The lowest BCUT2D eigenvalue weighted by atomic mass is 10.1. The van der Waals surface area contributed by atoms with Gasteiger partial charge in [-0.2, -0.15) is 0 Å². The lowest BCUT2D eigenvalue weighted by molar-refractivity contribution is -0.122. The number of hydrogen-bond acceptors (Lipinski definition) is 4. The van der Waals surface area contributed by atoms with Crippen LogP contribution in [0.15, 0.2) is 17.5 Å². The van der Waals surface area contributed by atoms with Crippen molar-refractivity contribution < 1.29 is 4.79 Å². The molecule has 1 fully saturated rings. The topological polar surface area (TPSA) is 44.4 Å². The minimum absolute atomic E-state index is 0.131. The number of thiophene rings is 1. The van der Waals surface area contributed by atoms with E-state index in [1.54, 1.807) is 11.3 Å². The van der Waals surface area contributed by atoms with Gasteiger partial charge in [0.05, 0.1) is 13.1 Å². The molecule has 0 bridgehead atoms. The molecule has 0 spiro atoms. The quantitative estimate of drug-likeness (QED) is 0.838. The number of carbonyl (C=O) groups is 1. The molecule has 18 heavy (non-hydrogen) atoms. The van der Waals surface area contributed by atoms with Crippen molar-refractivity contribution in [2.75, 3.05) is 26.7 Å². The zero-order valence-electron chi connectivity index (χ0n) is 10.8. The van der Waals surface area contributed by atoms with Crippen molar-refractivity contribution in [1.82, 2.24) is 15.5 Å². The Kier molecular flexibility index (Phi) is 5.16. The second-order valence-corrected chi connectivity index (χ2v) is 5.73. The summed E-state index contributed by atoms with van der Waals surface area (Å²) in [6.45, 7) is 3.21. The summed E-state index contributed by atoms with van der Waals surface area (Å²) in [4.78, 5) is 15.2. The van der Waals surface area contributed by atoms with Gasteiger partial charge in [-0.25, -0.2) is 0 Å².